The second-order valence-electron chi connectivity index (χ2n) is 9.44. The second-order valence-corrected chi connectivity index (χ2v) is 9.44. The molecular weight excluding hydrogens is 398 g/mol. The molecule has 2 heterocycles. The molecule has 0 radical (unpaired) electrons. The van der Waals surface area contributed by atoms with Gasteiger partial charge in [0.15, 0.2) is 11.4 Å². The summed E-state index contributed by atoms with van der Waals surface area (Å²) in [5.74, 6) is 0.966. The van der Waals surface area contributed by atoms with Gasteiger partial charge in [0.2, 0.25) is 0 Å². The molecule has 8 nitrogen and oxygen atoms in total. The molecular formula is C23H33N3O5. The number of aryl methyl sites for hydroxylation is 1. The van der Waals surface area contributed by atoms with Crippen LogP contribution in [0.3, 0.4) is 0 Å². The van der Waals surface area contributed by atoms with Crippen molar-refractivity contribution in [1.82, 2.24) is 10.2 Å². The summed E-state index contributed by atoms with van der Waals surface area (Å²) in [5.41, 5.74) is 0.274. The molecule has 2 aliphatic rings. The zero-order valence-electron chi connectivity index (χ0n) is 19.2. The molecule has 1 fully saturated rings. The summed E-state index contributed by atoms with van der Waals surface area (Å²) in [6, 6.07) is 5.65. The van der Waals surface area contributed by atoms with Crippen LogP contribution >= 0.6 is 0 Å². The first-order chi connectivity index (χ1) is 14.4. The Morgan fingerprint density at radius 3 is 2.48 bits per heavy atom. The molecule has 1 aromatic carbocycles. The number of carbonyl (C=O) groups excluding carboxylic acids is 2. The van der Waals surface area contributed by atoms with Gasteiger partial charge in [-0.15, -0.1) is 0 Å². The number of carbonyl (C=O) groups is 2. The number of amidine groups is 1. The maximum atomic E-state index is 12.0. The summed E-state index contributed by atoms with van der Waals surface area (Å²) in [4.78, 5) is 25.7. The quantitative estimate of drug-likeness (QED) is 0.549. The monoisotopic (exact) mass is 431 g/mol. The fraction of sp³-hybridized carbons (Fsp3) is 0.609. The van der Waals surface area contributed by atoms with Crippen LogP contribution in [0.15, 0.2) is 18.2 Å². The minimum atomic E-state index is -0.977. The summed E-state index contributed by atoms with van der Waals surface area (Å²) >= 11 is 0. The molecule has 8 heteroatoms. The van der Waals surface area contributed by atoms with E-state index in [-0.39, 0.29) is 24.0 Å². The predicted molar refractivity (Wildman–Crippen MR) is 117 cm³/mol. The van der Waals surface area contributed by atoms with Crippen molar-refractivity contribution in [3.63, 3.8) is 0 Å². The first-order valence-corrected chi connectivity index (χ1v) is 10.6. The molecule has 2 N–H and O–H groups in total. The molecule has 1 saturated heterocycles. The van der Waals surface area contributed by atoms with E-state index in [0.29, 0.717) is 25.3 Å². The van der Waals surface area contributed by atoms with E-state index < -0.39 is 11.2 Å². The minimum absolute atomic E-state index is 0.0228. The lowest BCUT2D eigenvalue weighted by Crippen LogP contribution is -2.61. The molecule has 2 atom stereocenters. The van der Waals surface area contributed by atoms with Crippen LogP contribution in [0.2, 0.25) is 0 Å². The van der Waals surface area contributed by atoms with E-state index in [9.17, 15) is 9.59 Å². The number of amides is 1. The van der Waals surface area contributed by atoms with Gasteiger partial charge in [0.1, 0.15) is 23.3 Å². The second kappa shape index (κ2) is 8.49. The van der Waals surface area contributed by atoms with Crippen molar-refractivity contribution < 1.29 is 23.8 Å². The van der Waals surface area contributed by atoms with Crippen molar-refractivity contribution in [2.75, 3.05) is 20.2 Å². The zero-order chi connectivity index (χ0) is 23.0. The van der Waals surface area contributed by atoms with Gasteiger partial charge in [0.25, 0.3) is 0 Å². The summed E-state index contributed by atoms with van der Waals surface area (Å²) in [5, 5.41) is 11.6. The number of ether oxygens (including phenoxy) is 3. The molecule has 1 aromatic rings. The molecule has 31 heavy (non-hydrogen) atoms. The summed E-state index contributed by atoms with van der Waals surface area (Å²) in [6.07, 6.45) is 0.726. The van der Waals surface area contributed by atoms with Crippen LogP contribution in [0.1, 0.15) is 52.2 Å². The molecule has 0 spiro atoms. The predicted octanol–water partition coefficient (Wildman–Crippen LogP) is 2.91. The van der Waals surface area contributed by atoms with Gasteiger partial charge < -0.3 is 24.4 Å². The number of hydrogen-bond acceptors (Lipinski definition) is 6. The summed E-state index contributed by atoms with van der Waals surface area (Å²) in [7, 11) is 1.53. The number of nitrogens with one attached hydrogen (secondary N) is 2. The highest BCUT2D eigenvalue weighted by molar-refractivity contribution is 5.97. The molecule has 0 bridgehead atoms. The van der Waals surface area contributed by atoms with Gasteiger partial charge in [-0.1, -0.05) is 0 Å². The maximum absolute atomic E-state index is 12.0. The smallest absolute Gasteiger partial charge is 0.410 e. The maximum Gasteiger partial charge on any atom is 0.410 e. The van der Waals surface area contributed by atoms with Gasteiger partial charge in [-0.3, -0.25) is 10.2 Å². The van der Waals surface area contributed by atoms with Gasteiger partial charge in [-0.25, -0.2) is 4.79 Å². The SMILES string of the molecule is CO[C@](C)(C(C)=O)[C@H]1CCc2cc(C(=N)NC3CN(C(=O)OC(C)(C)C)C3)ccc2O1. The number of Topliss-reactive ketones (excluding diaryl/α,β-unsaturated/α-hetero) is 1. The molecule has 0 saturated carbocycles. The van der Waals surface area contributed by atoms with Gasteiger partial charge in [-0.2, -0.15) is 0 Å². The topological polar surface area (TPSA) is 101 Å². The normalized spacial score (nSPS) is 20.6. The van der Waals surface area contributed by atoms with Gasteiger partial charge >= 0.3 is 6.09 Å². The Balaban J connectivity index is 1.57. The van der Waals surface area contributed by atoms with E-state index in [0.717, 1.165) is 23.3 Å². The van der Waals surface area contributed by atoms with Crippen molar-refractivity contribution in [3.8, 4) is 5.75 Å². The van der Waals surface area contributed by atoms with E-state index >= 15 is 0 Å². The Hall–Kier alpha value is -2.61. The summed E-state index contributed by atoms with van der Waals surface area (Å²) < 4.78 is 16.9. The number of rotatable bonds is 5. The first kappa shape index (κ1) is 23.1. The third-order valence-electron chi connectivity index (χ3n) is 5.91. The lowest BCUT2D eigenvalue weighted by molar-refractivity contribution is -0.149. The standard InChI is InChI=1S/C23H33N3O5/c1-14(27)23(5,29-6)19-10-8-15-11-16(7-9-18(15)30-19)20(24)25-17-12-26(13-17)21(28)31-22(2,3)4/h7,9,11,17,19H,8,10,12-13H2,1-6H3,(H2,24,25)/t19-,23-/m1/s1. The van der Waals surface area contributed by atoms with Crippen molar-refractivity contribution in [1.29, 1.82) is 5.41 Å². The highest BCUT2D eigenvalue weighted by atomic mass is 16.6. The Morgan fingerprint density at radius 1 is 1.23 bits per heavy atom. The average molecular weight is 432 g/mol. The van der Waals surface area contributed by atoms with Crippen LogP contribution in [0.25, 0.3) is 0 Å². The molecule has 170 valence electrons. The number of benzene rings is 1. The molecule has 0 aliphatic carbocycles. The number of methoxy groups -OCH3 is 1. The fourth-order valence-corrected chi connectivity index (χ4v) is 3.77. The number of hydrogen-bond donors (Lipinski definition) is 2. The van der Waals surface area contributed by atoms with Crippen LogP contribution in [0, 0.1) is 5.41 Å². The van der Waals surface area contributed by atoms with Gasteiger partial charge in [0.05, 0.1) is 6.04 Å². The lowest BCUT2D eigenvalue weighted by Gasteiger charge is -2.40. The van der Waals surface area contributed by atoms with E-state index in [1.54, 1.807) is 11.8 Å². The molecule has 3 rings (SSSR count). The van der Waals surface area contributed by atoms with E-state index in [2.05, 4.69) is 5.32 Å². The third kappa shape index (κ3) is 5.01. The fourth-order valence-electron chi connectivity index (χ4n) is 3.77. The first-order valence-electron chi connectivity index (χ1n) is 10.6. The zero-order valence-corrected chi connectivity index (χ0v) is 19.2. The average Bonchev–Trinajstić information content (AvgIpc) is 2.67. The van der Waals surface area contributed by atoms with E-state index in [1.807, 2.05) is 39.0 Å². The number of likely N-dealkylation sites (tertiary alicyclic amines) is 1. The van der Waals surface area contributed by atoms with Crippen molar-refractivity contribution in [2.24, 2.45) is 0 Å². The minimum Gasteiger partial charge on any atom is -0.487 e. The molecule has 1 amide bonds. The third-order valence-corrected chi connectivity index (χ3v) is 5.91. The molecule has 0 aromatic heterocycles. The van der Waals surface area contributed by atoms with Gasteiger partial charge in [0, 0.05) is 25.8 Å². The van der Waals surface area contributed by atoms with Crippen LogP contribution < -0.4 is 10.1 Å². The van der Waals surface area contributed by atoms with Crippen LogP contribution in [-0.4, -0.2) is 66.2 Å². The van der Waals surface area contributed by atoms with Gasteiger partial charge in [-0.05, 0) is 71.2 Å². The Morgan fingerprint density at radius 2 is 1.90 bits per heavy atom. The largest absolute Gasteiger partial charge is 0.487 e. The van der Waals surface area contributed by atoms with Crippen LogP contribution in [0.4, 0.5) is 4.79 Å². The number of ketones is 1. The van der Waals surface area contributed by atoms with Crippen molar-refractivity contribution in [2.45, 2.75) is 70.8 Å². The van der Waals surface area contributed by atoms with Crippen molar-refractivity contribution in [3.05, 3.63) is 29.3 Å². The lowest BCUT2D eigenvalue weighted by atomic mass is 9.87. The number of fused-ring (bicyclic) bond motifs is 1. The van der Waals surface area contributed by atoms with Crippen LogP contribution in [-0.2, 0) is 20.7 Å². The van der Waals surface area contributed by atoms with E-state index in [4.69, 9.17) is 19.6 Å². The highest BCUT2D eigenvalue weighted by Crippen LogP contribution is 2.34. The Bertz CT molecular complexity index is 872. The summed E-state index contributed by atoms with van der Waals surface area (Å²) in [6.45, 7) is 9.82. The Labute approximate surface area is 183 Å². The molecule has 2 aliphatic heterocycles. The number of nitrogens with zero attached hydrogens (tertiary/aromatic N) is 1. The van der Waals surface area contributed by atoms with Crippen molar-refractivity contribution >= 4 is 17.7 Å². The Kier molecular flexibility index (Phi) is 6.32. The van der Waals surface area contributed by atoms with Crippen LogP contribution in [0.5, 0.6) is 5.75 Å². The van der Waals surface area contributed by atoms with E-state index in [1.165, 1.54) is 14.0 Å². The molecule has 0 unspecified atom stereocenters. The highest BCUT2D eigenvalue weighted by Gasteiger charge is 2.42.